The van der Waals surface area contributed by atoms with Gasteiger partial charge in [-0.3, -0.25) is 10.2 Å². The first-order valence-corrected chi connectivity index (χ1v) is 5.17. The maximum atomic E-state index is 11.0. The van der Waals surface area contributed by atoms with Crippen LogP contribution in [-0.2, 0) is 11.2 Å². The van der Waals surface area contributed by atoms with Crippen molar-refractivity contribution in [3.05, 3.63) is 48.2 Å². The van der Waals surface area contributed by atoms with Crippen molar-refractivity contribution in [2.75, 3.05) is 0 Å². The number of aromatic nitrogens is 2. The molecular weight excluding hydrogens is 216 g/mol. The Morgan fingerprint density at radius 2 is 1.88 bits per heavy atom. The summed E-state index contributed by atoms with van der Waals surface area (Å²) in [4.78, 5) is 11.0. The minimum atomic E-state index is -0.285. The van der Waals surface area contributed by atoms with Crippen LogP contribution in [0.15, 0.2) is 42.5 Å². The fraction of sp³-hybridized carbons (Fsp3) is 0.0833. The standard InChI is InChI=1S/C12H12N4O/c13-14-12(17)8-10-6-7-11(16-15-10)9-4-2-1-3-5-9/h1-7H,8,13H2,(H,14,17). The van der Waals surface area contributed by atoms with Crippen molar-refractivity contribution in [1.29, 1.82) is 0 Å². The molecule has 0 bridgehead atoms. The number of benzene rings is 1. The van der Waals surface area contributed by atoms with Crippen LogP contribution in [0, 0.1) is 0 Å². The third kappa shape index (κ3) is 2.85. The third-order valence-corrected chi connectivity index (χ3v) is 2.29. The zero-order valence-electron chi connectivity index (χ0n) is 9.13. The molecule has 0 spiro atoms. The molecule has 2 rings (SSSR count). The van der Waals surface area contributed by atoms with E-state index < -0.39 is 0 Å². The Morgan fingerprint density at radius 1 is 1.12 bits per heavy atom. The number of hydrogen-bond donors (Lipinski definition) is 2. The zero-order chi connectivity index (χ0) is 12.1. The highest BCUT2D eigenvalue weighted by molar-refractivity contribution is 5.77. The number of rotatable bonds is 3. The van der Waals surface area contributed by atoms with Crippen LogP contribution in [0.1, 0.15) is 5.69 Å². The van der Waals surface area contributed by atoms with E-state index in [0.717, 1.165) is 11.3 Å². The predicted molar refractivity (Wildman–Crippen MR) is 63.5 cm³/mol. The summed E-state index contributed by atoms with van der Waals surface area (Å²) in [5, 5.41) is 8.04. The second-order valence-corrected chi connectivity index (χ2v) is 3.52. The summed E-state index contributed by atoms with van der Waals surface area (Å²) in [6, 6.07) is 13.3. The third-order valence-electron chi connectivity index (χ3n) is 2.29. The second kappa shape index (κ2) is 5.18. The molecule has 17 heavy (non-hydrogen) atoms. The van der Waals surface area contributed by atoms with Crippen LogP contribution in [0.2, 0.25) is 0 Å². The molecule has 0 aliphatic rings. The fourth-order valence-corrected chi connectivity index (χ4v) is 1.43. The van der Waals surface area contributed by atoms with E-state index in [4.69, 9.17) is 5.84 Å². The number of hydrazine groups is 1. The van der Waals surface area contributed by atoms with Crippen LogP contribution in [0.3, 0.4) is 0 Å². The molecule has 0 fully saturated rings. The molecule has 0 saturated carbocycles. The summed E-state index contributed by atoms with van der Waals surface area (Å²) < 4.78 is 0. The van der Waals surface area contributed by atoms with Gasteiger partial charge in [-0.2, -0.15) is 10.2 Å². The molecule has 0 atom stereocenters. The van der Waals surface area contributed by atoms with Gasteiger partial charge in [0.25, 0.3) is 0 Å². The Balaban J connectivity index is 2.16. The Hall–Kier alpha value is -2.27. The quantitative estimate of drug-likeness (QED) is 0.460. The summed E-state index contributed by atoms with van der Waals surface area (Å²) in [5.41, 5.74) is 4.42. The first-order valence-electron chi connectivity index (χ1n) is 5.17. The molecule has 1 heterocycles. The monoisotopic (exact) mass is 228 g/mol. The average Bonchev–Trinajstić information content (AvgIpc) is 2.40. The lowest BCUT2D eigenvalue weighted by atomic mass is 10.1. The molecule has 0 aliphatic carbocycles. The molecule has 86 valence electrons. The summed E-state index contributed by atoms with van der Waals surface area (Å²) in [6.07, 6.45) is 0.137. The van der Waals surface area contributed by atoms with Gasteiger partial charge in [-0.05, 0) is 12.1 Å². The van der Waals surface area contributed by atoms with Gasteiger partial charge in [0.2, 0.25) is 5.91 Å². The van der Waals surface area contributed by atoms with Crippen LogP contribution in [0.25, 0.3) is 11.3 Å². The molecule has 0 radical (unpaired) electrons. The van der Waals surface area contributed by atoms with Crippen molar-refractivity contribution in [3.8, 4) is 11.3 Å². The summed E-state index contributed by atoms with van der Waals surface area (Å²) >= 11 is 0. The van der Waals surface area contributed by atoms with Crippen molar-refractivity contribution in [1.82, 2.24) is 15.6 Å². The van der Waals surface area contributed by atoms with E-state index in [1.807, 2.05) is 36.4 Å². The Labute approximate surface area is 98.6 Å². The highest BCUT2D eigenvalue weighted by Crippen LogP contribution is 2.14. The van der Waals surface area contributed by atoms with Crippen molar-refractivity contribution >= 4 is 5.91 Å². The Morgan fingerprint density at radius 3 is 2.47 bits per heavy atom. The normalized spacial score (nSPS) is 9.94. The van der Waals surface area contributed by atoms with Crippen LogP contribution >= 0.6 is 0 Å². The summed E-state index contributed by atoms with van der Waals surface area (Å²) in [6.45, 7) is 0. The highest BCUT2D eigenvalue weighted by Gasteiger charge is 2.04. The van der Waals surface area contributed by atoms with Crippen molar-refractivity contribution < 1.29 is 4.79 Å². The Bertz CT molecular complexity index is 496. The lowest BCUT2D eigenvalue weighted by molar-refractivity contribution is -0.120. The fourth-order valence-electron chi connectivity index (χ4n) is 1.43. The second-order valence-electron chi connectivity index (χ2n) is 3.52. The lowest BCUT2D eigenvalue weighted by Crippen LogP contribution is -2.31. The summed E-state index contributed by atoms with van der Waals surface area (Å²) in [5.74, 6) is 4.71. The first-order chi connectivity index (χ1) is 8.29. The average molecular weight is 228 g/mol. The van der Waals surface area contributed by atoms with Crippen LogP contribution < -0.4 is 11.3 Å². The van der Waals surface area contributed by atoms with E-state index in [9.17, 15) is 4.79 Å². The highest BCUT2D eigenvalue weighted by atomic mass is 16.2. The minimum absolute atomic E-state index is 0.137. The van der Waals surface area contributed by atoms with Crippen molar-refractivity contribution in [2.45, 2.75) is 6.42 Å². The lowest BCUT2D eigenvalue weighted by Gasteiger charge is -2.01. The molecule has 1 aromatic heterocycles. The van der Waals surface area contributed by atoms with Gasteiger partial charge in [0, 0.05) is 5.56 Å². The molecule has 5 heteroatoms. The predicted octanol–water partition coefficient (Wildman–Crippen LogP) is 0.676. The topological polar surface area (TPSA) is 80.9 Å². The van der Waals surface area contributed by atoms with E-state index in [2.05, 4.69) is 15.6 Å². The van der Waals surface area contributed by atoms with Gasteiger partial charge >= 0.3 is 0 Å². The molecular formula is C12H12N4O. The van der Waals surface area contributed by atoms with Gasteiger partial charge < -0.3 is 0 Å². The number of hydrogen-bond acceptors (Lipinski definition) is 4. The number of amides is 1. The summed E-state index contributed by atoms with van der Waals surface area (Å²) in [7, 11) is 0. The van der Waals surface area contributed by atoms with Gasteiger partial charge in [-0.25, -0.2) is 5.84 Å². The molecule has 5 nitrogen and oxygen atoms in total. The van der Waals surface area contributed by atoms with E-state index in [1.165, 1.54) is 0 Å². The molecule has 3 N–H and O–H groups in total. The van der Waals surface area contributed by atoms with E-state index in [-0.39, 0.29) is 12.3 Å². The Kier molecular flexibility index (Phi) is 3.42. The molecule has 1 amide bonds. The van der Waals surface area contributed by atoms with Crippen molar-refractivity contribution in [2.24, 2.45) is 5.84 Å². The number of carbonyl (C=O) groups is 1. The number of nitrogens with zero attached hydrogens (tertiary/aromatic N) is 2. The van der Waals surface area contributed by atoms with E-state index in [1.54, 1.807) is 6.07 Å². The molecule has 0 aliphatic heterocycles. The molecule has 0 unspecified atom stereocenters. The zero-order valence-corrected chi connectivity index (χ0v) is 9.13. The number of nitrogens with two attached hydrogens (primary N) is 1. The largest absolute Gasteiger partial charge is 0.294 e. The van der Waals surface area contributed by atoms with Crippen LogP contribution in [0.4, 0.5) is 0 Å². The smallest absolute Gasteiger partial charge is 0.239 e. The van der Waals surface area contributed by atoms with E-state index in [0.29, 0.717) is 5.69 Å². The van der Waals surface area contributed by atoms with Crippen LogP contribution in [0.5, 0.6) is 0 Å². The SMILES string of the molecule is NNC(=O)Cc1ccc(-c2ccccc2)nn1. The van der Waals surface area contributed by atoms with E-state index >= 15 is 0 Å². The van der Waals surface area contributed by atoms with Crippen LogP contribution in [-0.4, -0.2) is 16.1 Å². The van der Waals surface area contributed by atoms with Gasteiger partial charge in [0.15, 0.2) is 0 Å². The minimum Gasteiger partial charge on any atom is -0.294 e. The maximum Gasteiger partial charge on any atom is 0.239 e. The molecule has 2 aromatic rings. The van der Waals surface area contributed by atoms with Gasteiger partial charge in [0.05, 0.1) is 17.8 Å². The van der Waals surface area contributed by atoms with Crippen molar-refractivity contribution in [3.63, 3.8) is 0 Å². The number of carbonyl (C=O) groups excluding carboxylic acids is 1. The molecule has 0 saturated heterocycles. The van der Waals surface area contributed by atoms with Gasteiger partial charge in [0.1, 0.15) is 0 Å². The maximum absolute atomic E-state index is 11.0. The number of nitrogens with one attached hydrogen (secondary N) is 1. The first kappa shape index (κ1) is 11.2. The molecule has 1 aromatic carbocycles. The van der Waals surface area contributed by atoms with Gasteiger partial charge in [-0.15, -0.1) is 0 Å². The van der Waals surface area contributed by atoms with Gasteiger partial charge in [-0.1, -0.05) is 30.3 Å².